The number of nitrogens with one attached hydrogen (secondary N) is 2. The zero-order chi connectivity index (χ0) is 23.9. The van der Waals surface area contributed by atoms with E-state index >= 15 is 0 Å². The summed E-state index contributed by atoms with van der Waals surface area (Å²) in [4.78, 5) is 12.7. The number of rotatable bonds is 8. The number of thioether (sulfide) groups is 4. The Kier molecular flexibility index (Phi) is 14.6. The summed E-state index contributed by atoms with van der Waals surface area (Å²) in [7, 11) is 3.37. The topological polar surface area (TPSA) is 176 Å². The van der Waals surface area contributed by atoms with Gasteiger partial charge < -0.3 is 22.9 Å². The van der Waals surface area contributed by atoms with Crippen LogP contribution in [0.5, 0.6) is 0 Å². The molecule has 0 fully saturated rings. The summed E-state index contributed by atoms with van der Waals surface area (Å²) >= 11 is 9.19. The first-order chi connectivity index (χ1) is 15.2. The molecule has 14 heteroatoms. The molecule has 32 heavy (non-hydrogen) atoms. The lowest BCUT2D eigenvalue weighted by atomic mass is 10.5. The molecular weight excluding hydrogens is 521 g/mol. The maximum absolute atomic E-state index is 7.12. The van der Waals surface area contributed by atoms with Crippen LogP contribution in [0.3, 0.4) is 0 Å². The van der Waals surface area contributed by atoms with E-state index in [1.807, 2.05) is 0 Å². The van der Waals surface area contributed by atoms with Gasteiger partial charge in [-0.3, -0.25) is 20.8 Å². The Labute approximate surface area is 213 Å². The average Bonchev–Trinajstić information content (AvgIpc) is 3.42. The van der Waals surface area contributed by atoms with Crippen LogP contribution >= 0.6 is 69.7 Å². The largest absolute Gasteiger partial charge is 0.379 e. The Morgan fingerprint density at radius 2 is 0.938 bits per heavy atom. The second kappa shape index (κ2) is 16.3. The third-order valence-corrected chi connectivity index (χ3v) is 9.64. The van der Waals surface area contributed by atoms with Gasteiger partial charge in [0, 0.05) is 56.6 Å². The van der Waals surface area contributed by atoms with Gasteiger partial charge in [-0.05, 0) is 24.3 Å². The van der Waals surface area contributed by atoms with Crippen molar-refractivity contribution in [2.45, 2.75) is 23.0 Å². The lowest BCUT2D eigenvalue weighted by molar-refractivity contribution is 1.43. The van der Waals surface area contributed by atoms with Crippen LogP contribution < -0.4 is 22.9 Å². The molecule has 2 heterocycles. The molecule has 10 N–H and O–H groups in total. The minimum Gasteiger partial charge on any atom is -0.379 e. The molecule has 2 aromatic rings. The van der Waals surface area contributed by atoms with Gasteiger partial charge in [-0.25, -0.2) is 0 Å². The fourth-order valence-electron chi connectivity index (χ4n) is 1.87. The molecule has 0 spiro atoms. The zero-order valence-corrected chi connectivity index (χ0v) is 22.7. The summed E-state index contributed by atoms with van der Waals surface area (Å²) in [6.07, 6.45) is 0. The van der Waals surface area contributed by atoms with E-state index in [2.05, 4.69) is 34.3 Å². The van der Waals surface area contributed by atoms with E-state index in [9.17, 15) is 0 Å². The standard InChI is InChI=1S/2C9H14N4S3/c2*1-13-9(12)15-5-7-3-2-6(16-7)4-14-8(10)11/h2*2-3H,4-5H2,1H3,(H3,10,11)(H2,12,13). The summed E-state index contributed by atoms with van der Waals surface area (Å²) < 4.78 is 0. The second-order valence-electron chi connectivity index (χ2n) is 5.74. The van der Waals surface area contributed by atoms with Crippen molar-refractivity contribution in [3.63, 3.8) is 0 Å². The number of nitrogens with zero attached hydrogens (tertiary/aromatic N) is 2. The molecule has 0 aromatic carbocycles. The molecule has 0 unspecified atom stereocenters. The predicted molar refractivity (Wildman–Crippen MR) is 153 cm³/mol. The summed E-state index contributed by atoms with van der Waals surface area (Å²) in [6, 6.07) is 8.29. The van der Waals surface area contributed by atoms with Crippen molar-refractivity contribution in [3.05, 3.63) is 43.8 Å². The zero-order valence-electron chi connectivity index (χ0n) is 17.8. The molecule has 0 aliphatic rings. The van der Waals surface area contributed by atoms with Gasteiger partial charge in [-0.2, -0.15) is 0 Å². The van der Waals surface area contributed by atoms with Crippen LogP contribution in [0.1, 0.15) is 19.5 Å². The maximum Gasteiger partial charge on any atom is 0.153 e. The first kappa shape index (κ1) is 28.7. The summed E-state index contributed by atoms with van der Waals surface area (Å²) in [6.45, 7) is 0. The lowest BCUT2D eigenvalue weighted by Gasteiger charge is -1.97. The van der Waals surface area contributed by atoms with Gasteiger partial charge >= 0.3 is 0 Å². The highest BCUT2D eigenvalue weighted by Crippen LogP contribution is 2.25. The highest BCUT2D eigenvalue weighted by Gasteiger charge is 2.04. The number of thiophene rings is 2. The van der Waals surface area contributed by atoms with E-state index in [1.165, 1.54) is 66.6 Å². The van der Waals surface area contributed by atoms with Crippen molar-refractivity contribution < 1.29 is 0 Å². The van der Waals surface area contributed by atoms with Crippen molar-refractivity contribution in [3.8, 4) is 0 Å². The van der Waals surface area contributed by atoms with Crippen LogP contribution in [0, 0.1) is 10.8 Å². The molecule has 0 aliphatic heterocycles. The van der Waals surface area contributed by atoms with E-state index in [1.54, 1.807) is 36.8 Å². The highest BCUT2D eigenvalue weighted by molar-refractivity contribution is 8.14. The van der Waals surface area contributed by atoms with E-state index < -0.39 is 0 Å². The third-order valence-electron chi connectivity index (χ3n) is 3.34. The van der Waals surface area contributed by atoms with Gasteiger partial charge in [0.1, 0.15) is 0 Å². The Bertz CT molecular complexity index is 846. The molecule has 2 aromatic heterocycles. The Morgan fingerprint density at radius 1 is 0.656 bits per heavy atom. The van der Waals surface area contributed by atoms with Gasteiger partial charge in [0.2, 0.25) is 0 Å². The molecule has 176 valence electrons. The van der Waals surface area contributed by atoms with Crippen molar-refractivity contribution in [2.75, 3.05) is 14.1 Å². The smallest absolute Gasteiger partial charge is 0.153 e. The summed E-state index contributed by atoms with van der Waals surface area (Å²) in [5.41, 5.74) is 21.7. The fourth-order valence-corrected chi connectivity index (χ4v) is 6.56. The van der Waals surface area contributed by atoms with Crippen LogP contribution in [0.15, 0.2) is 34.3 Å². The Balaban J connectivity index is 0.000000320. The SMILES string of the molecule is CN=C(N)SCc1ccc(CSC(=N)N)s1.CN=C(N)SCc1ccc(CSC(=N)N)s1. The average molecular weight is 549 g/mol. The fraction of sp³-hybridized carbons (Fsp3) is 0.333. The predicted octanol–water partition coefficient (Wildman–Crippen LogP) is 4.10. The number of hydrogen-bond donors (Lipinski definition) is 6. The van der Waals surface area contributed by atoms with Gasteiger partial charge in [0.05, 0.1) is 0 Å². The van der Waals surface area contributed by atoms with Crippen molar-refractivity contribution in [2.24, 2.45) is 32.9 Å². The Hall–Kier alpha value is -1.32. The van der Waals surface area contributed by atoms with E-state index in [0.717, 1.165) is 23.0 Å². The van der Waals surface area contributed by atoms with Crippen LogP contribution in [0.4, 0.5) is 0 Å². The van der Waals surface area contributed by atoms with Crippen molar-refractivity contribution in [1.29, 1.82) is 10.8 Å². The minimum absolute atomic E-state index is 0.159. The molecule has 0 atom stereocenters. The number of nitrogens with two attached hydrogens (primary N) is 4. The van der Waals surface area contributed by atoms with Gasteiger partial charge in [-0.15, -0.1) is 22.7 Å². The third kappa shape index (κ3) is 13.3. The lowest BCUT2D eigenvalue weighted by Crippen LogP contribution is -2.05. The molecule has 0 aliphatic carbocycles. The maximum atomic E-state index is 7.12. The molecule has 0 saturated heterocycles. The number of hydrogen-bond acceptors (Lipinski definition) is 10. The summed E-state index contributed by atoms with van der Waals surface area (Å²) in [5.74, 6) is 3.22. The molecule has 8 nitrogen and oxygen atoms in total. The molecule has 2 rings (SSSR count). The Morgan fingerprint density at radius 3 is 1.19 bits per heavy atom. The van der Waals surface area contributed by atoms with Crippen LogP contribution in [0.2, 0.25) is 0 Å². The quantitative estimate of drug-likeness (QED) is 0.211. The first-order valence-corrected chi connectivity index (χ1v) is 14.6. The van der Waals surface area contributed by atoms with Gasteiger partial charge in [0.15, 0.2) is 20.7 Å². The highest BCUT2D eigenvalue weighted by atomic mass is 32.2. The monoisotopic (exact) mass is 548 g/mol. The van der Waals surface area contributed by atoms with E-state index in [0.29, 0.717) is 10.3 Å². The minimum atomic E-state index is 0.159. The normalized spacial score (nSPS) is 11.7. The summed E-state index contributed by atoms with van der Waals surface area (Å²) in [5, 5.41) is 15.8. The van der Waals surface area contributed by atoms with Crippen molar-refractivity contribution >= 4 is 90.4 Å². The molecule has 0 bridgehead atoms. The van der Waals surface area contributed by atoms with Crippen molar-refractivity contribution in [1.82, 2.24) is 0 Å². The number of amidine groups is 4. The molecule has 0 radical (unpaired) electrons. The van der Waals surface area contributed by atoms with Crippen LogP contribution in [-0.4, -0.2) is 34.8 Å². The molecule has 0 amide bonds. The van der Waals surface area contributed by atoms with Gasteiger partial charge in [-0.1, -0.05) is 47.0 Å². The van der Waals surface area contributed by atoms with E-state index in [4.69, 9.17) is 33.8 Å². The van der Waals surface area contributed by atoms with Gasteiger partial charge in [0.25, 0.3) is 0 Å². The first-order valence-electron chi connectivity index (χ1n) is 9.02. The van der Waals surface area contributed by atoms with Crippen LogP contribution in [-0.2, 0) is 23.0 Å². The van der Waals surface area contributed by atoms with Crippen LogP contribution in [0.25, 0.3) is 0 Å². The van der Waals surface area contributed by atoms with E-state index in [-0.39, 0.29) is 10.3 Å². The second-order valence-corrected chi connectivity index (χ2v) is 12.3. The number of aliphatic imine (C=N–C) groups is 2. The molecule has 0 saturated carbocycles. The molecular formula is C18H28N8S6.